The molecule has 0 radical (unpaired) electrons. The van der Waals surface area contributed by atoms with Gasteiger partial charge in [0, 0.05) is 0 Å². The van der Waals surface area contributed by atoms with Crippen molar-refractivity contribution >= 4 is 40.0 Å². The topological polar surface area (TPSA) is 18.5 Å². The first-order valence-corrected chi connectivity index (χ1v) is 27.9. The minimum atomic E-state index is -3.52. The van der Waals surface area contributed by atoms with E-state index in [4.69, 9.17) is 9.16 Å². The molecule has 0 bridgehead atoms. The molecule has 0 fully saturated rings. The maximum atomic E-state index is 6.49. The first-order valence-electron chi connectivity index (χ1n) is 11.0. The fraction of sp³-hybridized carbons (Fsp3) is 0.360. The number of rotatable bonds is 6. The molecule has 2 aliphatic rings. The minimum Gasteiger partial charge on any atom is -0.147 e. The molecule has 2 aliphatic carbocycles. The van der Waals surface area contributed by atoms with Crippen LogP contribution in [0.3, 0.4) is 0 Å². The number of allylic oxidation sites excluding steroid dienone is 2. The standard InChI is InChI=1S/C13H9.C10H17O2Si.2CH3.2ClH.H2Si.Zr/c1-3-7-12-10(5-1)9-11-6-2-4-8-13(11)12;1-5-11-9-7-6-8-10(9)12-13(2,3)4;;;;;;/h1-9H;8H,5-6H2,1-4H3;2*1H3;2*1H;1H2;. The zero-order chi connectivity index (χ0) is 21.8. The second-order valence-corrected chi connectivity index (χ2v) is 44.7. The summed E-state index contributed by atoms with van der Waals surface area (Å²) in [5.41, 5.74) is 5.84. The Balaban J connectivity index is 0.00000181. The van der Waals surface area contributed by atoms with Crippen LogP contribution in [0.15, 0.2) is 69.4 Å². The van der Waals surface area contributed by atoms with E-state index in [9.17, 15) is 0 Å². The van der Waals surface area contributed by atoms with Crippen molar-refractivity contribution in [3.8, 4) is 11.1 Å². The van der Waals surface area contributed by atoms with Gasteiger partial charge in [0.15, 0.2) is 0 Å². The first kappa shape index (κ1) is 27.7. The van der Waals surface area contributed by atoms with Crippen LogP contribution in [-0.4, -0.2) is 21.8 Å². The van der Waals surface area contributed by atoms with Crippen molar-refractivity contribution in [3.05, 3.63) is 80.5 Å². The zero-order valence-electron chi connectivity index (χ0n) is 20.0. The van der Waals surface area contributed by atoms with Crippen molar-refractivity contribution in [1.29, 1.82) is 0 Å². The van der Waals surface area contributed by atoms with Gasteiger partial charge in [-0.15, -0.1) is 24.8 Å². The van der Waals surface area contributed by atoms with E-state index in [0.717, 1.165) is 17.9 Å². The van der Waals surface area contributed by atoms with Crippen LogP contribution >= 0.6 is 24.8 Å². The maximum Gasteiger partial charge on any atom is -0.147 e. The molecule has 0 aliphatic heterocycles. The Labute approximate surface area is 209 Å². The van der Waals surface area contributed by atoms with Crippen molar-refractivity contribution in [3.63, 3.8) is 0 Å². The largest absolute Gasteiger partial charge is 0.147 e. The summed E-state index contributed by atoms with van der Waals surface area (Å²) in [6.45, 7) is 11.8. The Bertz CT molecular complexity index is 1100. The third-order valence-corrected chi connectivity index (χ3v) is 24.2. The van der Waals surface area contributed by atoms with E-state index in [2.05, 4.69) is 97.3 Å². The molecule has 174 valence electrons. The van der Waals surface area contributed by atoms with Crippen LogP contribution < -0.4 is 0 Å². The molecule has 32 heavy (non-hydrogen) atoms. The summed E-state index contributed by atoms with van der Waals surface area (Å²) in [4.78, 5) is 0. The fourth-order valence-electron chi connectivity index (χ4n) is 5.28. The third kappa shape index (κ3) is 4.79. The molecule has 0 aromatic heterocycles. The summed E-state index contributed by atoms with van der Waals surface area (Å²) in [6.07, 6.45) is 3.26. The average Bonchev–Trinajstić information content (AvgIpc) is 3.21. The number of hydrogen-bond donors (Lipinski definition) is 0. The molecule has 0 N–H and O–H groups in total. The monoisotopic (exact) mass is 584 g/mol. The van der Waals surface area contributed by atoms with Gasteiger partial charge in [-0.3, -0.25) is 0 Å². The second-order valence-electron chi connectivity index (χ2n) is 10.6. The average molecular weight is 587 g/mol. The zero-order valence-corrected chi connectivity index (χ0v) is 26.5. The van der Waals surface area contributed by atoms with E-state index in [1.54, 1.807) is 3.28 Å². The van der Waals surface area contributed by atoms with Crippen LogP contribution in [0.2, 0.25) is 28.9 Å². The normalized spacial score (nSPS) is 15.9. The first-order chi connectivity index (χ1) is 14.0. The van der Waals surface area contributed by atoms with Gasteiger partial charge in [0.25, 0.3) is 0 Å². The minimum absolute atomic E-state index is 0. The summed E-state index contributed by atoms with van der Waals surface area (Å²) in [5.74, 6) is 2.06. The van der Waals surface area contributed by atoms with Gasteiger partial charge in [0.1, 0.15) is 0 Å². The van der Waals surface area contributed by atoms with E-state index in [1.807, 2.05) is 0 Å². The van der Waals surface area contributed by atoms with Crippen LogP contribution in [0.25, 0.3) is 11.1 Å². The van der Waals surface area contributed by atoms with Crippen LogP contribution in [0.1, 0.15) is 28.1 Å². The van der Waals surface area contributed by atoms with E-state index in [-0.39, 0.29) is 24.8 Å². The van der Waals surface area contributed by atoms with Gasteiger partial charge in [0.05, 0.1) is 0 Å². The predicted octanol–water partition coefficient (Wildman–Crippen LogP) is 7.32. The molecule has 0 heterocycles. The van der Waals surface area contributed by atoms with E-state index in [0.29, 0.717) is 10.2 Å². The van der Waals surface area contributed by atoms with Gasteiger partial charge in [-0.25, -0.2) is 0 Å². The van der Waals surface area contributed by atoms with Gasteiger partial charge in [0.2, 0.25) is 0 Å². The van der Waals surface area contributed by atoms with Gasteiger partial charge in [-0.05, 0) is 0 Å². The predicted molar refractivity (Wildman–Crippen MR) is 144 cm³/mol. The fourth-order valence-corrected chi connectivity index (χ4v) is 21.7. The van der Waals surface area contributed by atoms with Crippen molar-refractivity contribution in [2.45, 2.75) is 45.9 Å². The molecule has 0 saturated carbocycles. The molecule has 2 aromatic carbocycles. The van der Waals surface area contributed by atoms with E-state index in [1.165, 1.54) is 22.3 Å². The molecule has 0 atom stereocenters. The Kier molecular flexibility index (Phi) is 8.28. The van der Waals surface area contributed by atoms with Crippen LogP contribution in [0.5, 0.6) is 0 Å². The van der Waals surface area contributed by atoms with Gasteiger partial charge >= 0.3 is 186 Å². The Hall–Kier alpha value is -0.583. The SMILES string of the molecule is CCOC1=[C]([Zr]([CH3])([CH3])(=[SiH2])[CH]2c3ccccc3-c3ccccc32)CC=C1O[Si](C)(C)C.Cl.Cl. The van der Waals surface area contributed by atoms with Crippen LogP contribution in [0, 0.1) is 0 Å². The molecule has 2 aromatic rings. The molecule has 4 rings (SSSR count). The maximum absolute atomic E-state index is 6.49. The molecule has 0 saturated heterocycles. The summed E-state index contributed by atoms with van der Waals surface area (Å²) in [6, 6.07) is 18.1. The quantitative estimate of drug-likeness (QED) is 0.330. The number of benzene rings is 2. The van der Waals surface area contributed by atoms with Crippen molar-refractivity contribution < 1.29 is 26.6 Å². The van der Waals surface area contributed by atoms with Gasteiger partial charge in [-0.1, -0.05) is 0 Å². The number of fused-ring (bicyclic) bond motifs is 3. The van der Waals surface area contributed by atoms with Crippen molar-refractivity contribution in [2.75, 3.05) is 6.61 Å². The number of halogens is 2. The summed E-state index contributed by atoms with van der Waals surface area (Å²) in [5, 5.41) is 0. The smallest absolute Gasteiger partial charge is 0.147 e. The van der Waals surface area contributed by atoms with E-state index >= 15 is 0 Å². The number of hydrogen-bond acceptors (Lipinski definition) is 2. The molecular weight excluding hydrogens is 551 g/mol. The van der Waals surface area contributed by atoms with Crippen LogP contribution in [-0.2, 0) is 26.6 Å². The van der Waals surface area contributed by atoms with Crippen molar-refractivity contribution in [1.82, 2.24) is 0 Å². The summed E-state index contributed by atoms with van der Waals surface area (Å²) < 4.78 is 20.1. The molecular formula is C25H36Cl2O2Si2Zr. The summed E-state index contributed by atoms with van der Waals surface area (Å²) >= 11 is -3.52. The number of ether oxygens (including phenoxy) is 1. The molecule has 2 nitrogen and oxygen atoms in total. The van der Waals surface area contributed by atoms with Gasteiger partial charge < -0.3 is 0 Å². The molecule has 0 amide bonds. The van der Waals surface area contributed by atoms with E-state index < -0.39 is 25.7 Å². The molecule has 7 heteroatoms. The Morgan fingerprint density at radius 1 is 0.938 bits per heavy atom. The third-order valence-electron chi connectivity index (χ3n) is 6.45. The molecule has 0 unspecified atom stereocenters. The second kappa shape index (κ2) is 9.58. The van der Waals surface area contributed by atoms with Gasteiger partial charge in [-0.2, -0.15) is 0 Å². The summed E-state index contributed by atoms with van der Waals surface area (Å²) in [7, 11) is -1.71. The molecule has 0 spiro atoms. The Morgan fingerprint density at radius 3 is 1.91 bits per heavy atom. The Morgan fingerprint density at radius 2 is 1.44 bits per heavy atom. The van der Waals surface area contributed by atoms with Crippen molar-refractivity contribution in [2.24, 2.45) is 0 Å². The van der Waals surface area contributed by atoms with Crippen LogP contribution in [0.4, 0.5) is 0 Å².